The van der Waals surface area contributed by atoms with Gasteiger partial charge in [-0.05, 0) is 46.3 Å². The Kier molecular flexibility index (Phi) is 4.50. The number of benzene rings is 1. The highest BCUT2D eigenvalue weighted by molar-refractivity contribution is 9.11. The molecule has 1 heterocycles. The maximum absolute atomic E-state index is 12.2. The highest BCUT2D eigenvalue weighted by atomic mass is 79.9. The summed E-state index contributed by atoms with van der Waals surface area (Å²) in [4.78, 5) is 14.9. The van der Waals surface area contributed by atoms with E-state index >= 15 is 0 Å². The summed E-state index contributed by atoms with van der Waals surface area (Å²) in [6.45, 7) is 0.535. The lowest BCUT2D eigenvalue weighted by molar-refractivity contribution is 0.0786. The summed E-state index contributed by atoms with van der Waals surface area (Å²) in [6, 6.07) is 8.38. The number of thiophene rings is 1. The zero-order chi connectivity index (χ0) is 14.0. The van der Waals surface area contributed by atoms with Crippen LogP contribution < -0.4 is 0 Å². The highest BCUT2D eigenvalue weighted by Gasteiger charge is 2.14. The lowest BCUT2D eigenvalue weighted by atomic mass is 10.2. The van der Waals surface area contributed by atoms with Crippen molar-refractivity contribution in [2.75, 3.05) is 7.05 Å². The molecular weight excluding hydrogens is 350 g/mol. The molecule has 0 unspecified atom stereocenters. The van der Waals surface area contributed by atoms with Crippen molar-refractivity contribution in [3.8, 4) is 5.75 Å². The van der Waals surface area contributed by atoms with Gasteiger partial charge in [0.15, 0.2) is 0 Å². The van der Waals surface area contributed by atoms with Crippen LogP contribution in [0.15, 0.2) is 34.1 Å². The standard InChI is InChI=1S/C13H11BrClNO2S/c1-16(7-9-3-5-12(14)19-9)13(18)8-2-4-11(17)10(15)6-8/h2-6,17H,7H2,1H3. The van der Waals surface area contributed by atoms with Crippen LogP contribution in [-0.4, -0.2) is 23.0 Å². The molecule has 0 aliphatic heterocycles. The Labute approximate surface area is 128 Å². The smallest absolute Gasteiger partial charge is 0.253 e. The molecule has 0 aliphatic rings. The number of rotatable bonds is 3. The van der Waals surface area contributed by atoms with E-state index in [2.05, 4.69) is 15.9 Å². The van der Waals surface area contributed by atoms with Gasteiger partial charge in [-0.3, -0.25) is 4.79 Å². The molecule has 1 aromatic carbocycles. The minimum atomic E-state index is -0.133. The van der Waals surface area contributed by atoms with Crippen LogP contribution in [0.4, 0.5) is 0 Å². The van der Waals surface area contributed by atoms with Crippen molar-refractivity contribution in [3.63, 3.8) is 0 Å². The predicted octanol–water partition coefficient (Wildman–Crippen LogP) is 4.14. The summed E-state index contributed by atoms with van der Waals surface area (Å²) >= 11 is 10.8. The molecule has 0 spiro atoms. The fraction of sp³-hybridized carbons (Fsp3) is 0.154. The van der Waals surface area contributed by atoms with Gasteiger partial charge >= 0.3 is 0 Å². The summed E-state index contributed by atoms with van der Waals surface area (Å²) in [6.07, 6.45) is 0. The highest BCUT2D eigenvalue weighted by Crippen LogP contribution is 2.26. The fourth-order valence-electron chi connectivity index (χ4n) is 1.60. The quantitative estimate of drug-likeness (QED) is 0.893. The summed E-state index contributed by atoms with van der Waals surface area (Å²) in [5.74, 6) is -0.158. The largest absolute Gasteiger partial charge is 0.506 e. The van der Waals surface area contributed by atoms with E-state index in [1.165, 1.54) is 12.1 Å². The van der Waals surface area contributed by atoms with E-state index in [4.69, 9.17) is 11.6 Å². The van der Waals surface area contributed by atoms with Crippen molar-refractivity contribution in [3.05, 3.63) is 49.6 Å². The SMILES string of the molecule is CN(Cc1ccc(Br)s1)C(=O)c1ccc(O)c(Cl)c1. The van der Waals surface area contributed by atoms with E-state index in [0.717, 1.165) is 8.66 Å². The monoisotopic (exact) mass is 359 g/mol. The molecule has 0 saturated heterocycles. The van der Waals surface area contributed by atoms with E-state index in [1.807, 2.05) is 12.1 Å². The summed E-state index contributed by atoms with van der Waals surface area (Å²) < 4.78 is 1.04. The van der Waals surface area contributed by atoms with Gasteiger partial charge in [0.25, 0.3) is 5.91 Å². The van der Waals surface area contributed by atoms with Crippen molar-refractivity contribution in [1.29, 1.82) is 0 Å². The second-order valence-electron chi connectivity index (χ2n) is 4.03. The molecule has 0 radical (unpaired) electrons. The molecule has 0 atom stereocenters. The average Bonchev–Trinajstić information content (AvgIpc) is 2.77. The minimum Gasteiger partial charge on any atom is -0.506 e. The Balaban J connectivity index is 2.12. The number of amides is 1. The van der Waals surface area contributed by atoms with Crippen LogP contribution in [0.25, 0.3) is 0 Å². The van der Waals surface area contributed by atoms with E-state index < -0.39 is 0 Å². The molecule has 6 heteroatoms. The fourth-order valence-corrected chi connectivity index (χ4v) is 3.32. The third kappa shape index (κ3) is 3.49. The summed E-state index contributed by atoms with van der Waals surface area (Å²) in [5, 5.41) is 9.52. The molecule has 100 valence electrons. The van der Waals surface area contributed by atoms with Crippen LogP contribution in [0.1, 0.15) is 15.2 Å². The average molecular weight is 361 g/mol. The maximum Gasteiger partial charge on any atom is 0.253 e. The van der Waals surface area contributed by atoms with Gasteiger partial charge in [0, 0.05) is 17.5 Å². The second kappa shape index (κ2) is 5.94. The maximum atomic E-state index is 12.2. The molecule has 1 N–H and O–H groups in total. The van der Waals surface area contributed by atoms with Crippen LogP contribution in [0, 0.1) is 0 Å². The second-order valence-corrected chi connectivity index (χ2v) is 6.99. The molecule has 2 aromatic rings. The number of aromatic hydroxyl groups is 1. The van der Waals surface area contributed by atoms with Gasteiger partial charge in [0.05, 0.1) is 15.4 Å². The molecular formula is C13H11BrClNO2S. The Bertz CT molecular complexity index is 614. The minimum absolute atomic E-state index is 0.0249. The first kappa shape index (κ1) is 14.4. The predicted molar refractivity (Wildman–Crippen MR) is 80.9 cm³/mol. The lowest BCUT2D eigenvalue weighted by Crippen LogP contribution is -2.25. The molecule has 3 nitrogen and oxygen atoms in total. The van der Waals surface area contributed by atoms with Crippen molar-refractivity contribution < 1.29 is 9.90 Å². The molecule has 1 amide bonds. The van der Waals surface area contributed by atoms with Crippen LogP contribution in [-0.2, 0) is 6.54 Å². The Morgan fingerprint density at radius 3 is 2.74 bits per heavy atom. The first-order valence-electron chi connectivity index (χ1n) is 5.45. The number of carbonyl (C=O) groups excluding carboxylic acids is 1. The van der Waals surface area contributed by atoms with Gasteiger partial charge in [0.2, 0.25) is 0 Å². The molecule has 2 rings (SSSR count). The van der Waals surface area contributed by atoms with E-state index in [0.29, 0.717) is 12.1 Å². The molecule has 0 aliphatic carbocycles. The van der Waals surface area contributed by atoms with Crippen LogP contribution in [0.5, 0.6) is 5.75 Å². The topological polar surface area (TPSA) is 40.5 Å². The lowest BCUT2D eigenvalue weighted by Gasteiger charge is -2.16. The van der Waals surface area contributed by atoms with Crippen molar-refractivity contribution in [2.45, 2.75) is 6.54 Å². The van der Waals surface area contributed by atoms with Crippen LogP contribution >= 0.6 is 38.9 Å². The number of halogens is 2. The van der Waals surface area contributed by atoms with Gasteiger partial charge in [0.1, 0.15) is 5.75 Å². The Hall–Kier alpha value is -1.04. The zero-order valence-corrected chi connectivity index (χ0v) is 13.2. The first-order chi connectivity index (χ1) is 8.97. The number of phenols is 1. The van der Waals surface area contributed by atoms with E-state index in [-0.39, 0.29) is 16.7 Å². The number of hydrogen-bond acceptors (Lipinski definition) is 3. The van der Waals surface area contributed by atoms with Crippen LogP contribution in [0.2, 0.25) is 5.02 Å². The van der Waals surface area contributed by atoms with Gasteiger partial charge < -0.3 is 10.0 Å². The number of nitrogens with zero attached hydrogens (tertiary/aromatic N) is 1. The summed E-state index contributed by atoms with van der Waals surface area (Å²) in [7, 11) is 1.73. The molecule has 1 aromatic heterocycles. The van der Waals surface area contributed by atoms with Gasteiger partial charge in [-0.15, -0.1) is 11.3 Å². The van der Waals surface area contributed by atoms with Crippen molar-refractivity contribution in [1.82, 2.24) is 4.90 Å². The molecule has 0 saturated carbocycles. The molecule has 0 bridgehead atoms. The third-order valence-corrected chi connectivity index (χ3v) is 4.47. The number of phenolic OH excluding ortho intramolecular Hbond substituents is 1. The summed E-state index contributed by atoms with van der Waals surface area (Å²) in [5.41, 5.74) is 0.459. The Morgan fingerprint density at radius 1 is 1.42 bits per heavy atom. The number of carbonyl (C=O) groups is 1. The number of hydrogen-bond donors (Lipinski definition) is 1. The third-order valence-electron chi connectivity index (χ3n) is 2.56. The normalized spacial score (nSPS) is 10.5. The van der Waals surface area contributed by atoms with Crippen molar-refractivity contribution >= 4 is 44.8 Å². The first-order valence-corrected chi connectivity index (χ1v) is 7.44. The zero-order valence-electron chi connectivity index (χ0n) is 10.1. The van der Waals surface area contributed by atoms with E-state index in [9.17, 15) is 9.90 Å². The molecule has 19 heavy (non-hydrogen) atoms. The van der Waals surface area contributed by atoms with Gasteiger partial charge in [-0.1, -0.05) is 11.6 Å². The van der Waals surface area contributed by atoms with Crippen molar-refractivity contribution in [2.24, 2.45) is 0 Å². The molecule has 0 fully saturated rings. The van der Waals surface area contributed by atoms with Crippen LogP contribution in [0.3, 0.4) is 0 Å². The van der Waals surface area contributed by atoms with Gasteiger partial charge in [-0.2, -0.15) is 0 Å². The Morgan fingerprint density at radius 2 is 2.16 bits per heavy atom. The van der Waals surface area contributed by atoms with Gasteiger partial charge in [-0.25, -0.2) is 0 Å². The van der Waals surface area contributed by atoms with E-state index in [1.54, 1.807) is 29.4 Å².